The first-order chi connectivity index (χ1) is 7.03. The third kappa shape index (κ3) is 4.78. The smallest absolute Gasteiger partial charge is 0.0717 e. The van der Waals surface area contributed by atoms with Crippen LogP contribution < -0.4 is 5.73 Å². The molecule has 0 unspecified atom stereocenters. The molecule has 0 radical (unpaired) electrons. The van der Waals surface area contributed by atoms with Gasteiger partial charge in [-0.25, -0.2) is 0 Å². The summed E-state index contributed by atoms with van der Waals surface area (Å²) in [5.74, 6) is 0. The summed E-state index contributed by atoms with van der Waals surface area (Å²) < 4.78 is 6.71. The molecule has 15 heavy (non-hydrogen) atoms. The largest absolute Gasteiger partial charge is 0.376 e. The highest BCUT2D eigenvalue weighted by atomic mass is 79.9. The van der Waals surface area contributed by atoms with E-state index in [1.165, 1.54) is 5.56 Å². The molecule has 0 spiro atoms. The molecule has 2 nitrogen and oxygen atoms in total. The van der Waals surface area contributed by atoms with Gasteiger partial charge >= 0.3 is 0 Å². The molecule has 84 valence electrons. The fraction of sp³-hybridized carbons (Fsp3) is 0.500. The van der Waals surface area contributed by atoms with Crippen molar-refractivity contribution in [3.05, 3.63) is 34.3 Å². The Hall–Kier alpha value is -0.380. The lowest BCUT2D eigenvalue weighted by molar-refractivity contribution is 0.0553. The van der Waals surface area contributed by atoms with Gasteiger partial charge in [-0.15, -0.1) is 0 Å². The second-order valence-corrected chi connectivity index (χ2v) is 5.41. The van der Waals surface area contributed by atoms with Crippen molar-refractivity contribution in [2.45, 2.75) is 20.5 Å². The average Bonchev–Trinajstić information content (AvgIpc) is 2.18. The number of hydrogen-bond acceptors (Lipinski definition) is 2. The van der Waals surface area contributed by atoms with Gasteiger partial charge in [0.05, 0.1) is 13.2 Å². The Bertz CT molecular complexity index is 312. The van der Waals surface area contributed by atoms with Crippen LogP contribution in [0.25, 0.3) is 0 Å². The molecule has 0 bridgehead atoms. The molecular formula is C12H18BrNO. The molecule has 0 amide bonds. The zero-order valence-electron chi connectivity index (χ0n) is 9.29. The number of ether oxygens (including phenoxy) is 1. The Morgan fingerprint density at radius 1 is 1.40 bits per heavy atom. The van der Waals surface area contributed by atoms with Crippen LogP contribution in [0.2, 0.25) is 0 Å². The van der Waals surface area contributed by atoms with Crippen LogP contribution in [0.1, 0.15) is 19.4 Å². The normalized spacial score (nSPS) is 11.7. The summed E-state index contributed by atoms with van der Waals surface area (Å²) >= 11 is 3.43. The van der Waals surface area contributed by atoms with Crippen molar-refractivity contribution < 1.29 is 4.74 Å². The van der Waals surface area contributed by atoms with Crippen molar-refractivity contribution in [2.24, 2.45) is 11.1 Å². The van der Waals surface area contributed by atoms with Gasteiger partial charge < -0.3 is 10.5 Å². The summed E-state index contributed by atoms with van der Waals surface area (Å²) in [5.41, 5.74) is 6.86. The molecule has 2 N–H and O–H groups in total. The molecule has 0 heterocycles. The van der Waals surface area contributed by atoms with E-state index in [9.17, 15) is 0 Å². The molecular weight excluding hydrogens is 254 g/mol. The van der Waals surface area contributed by atoms with Crippen molar-refractivity contribution in [3.63, 3.8) is 0 Å². The standard InChI is InChI=1S/C12H18BrNO/c1-12(2,8-14)9-15-7-10-4-3-5-11(13)6-10/h3-6H,7-9,14H2,1-2H3. The number of benzene rings is 1. The molecule has 3 heteroatoms. The molecule has 0 saturated carbocycles. The zero-order valence-corrected chi connectivity index (χ0v) is 10.9. The van der Waals surface area contributed by atoms with E-state index in [1.807, 2.05) is 12.1 Å². The maximum Gasteiger partial charge on any atom is 0.0717 e. The first-order valence-corrected chi connectivity index (χ1v) is 5.85. The summed E-state index contributed by atoms with van der Waals surface area (Å²) in [7, 11) is 0. The minimum Gasteiger partial charge on any atom is -0.376 e. The van der Waals surface area contributed by atoms with Crippen LogP contribution in [-0.4, -0.2) is 13.2 Å². The highest BCUT2D eigenvalue weighted by Gasteiger charge is 2.15. The van der Waals surface area contributed by atoms with Gasteiger partial charge in [0.25, 0.3) is 0 Å². The van der Waals surface area contributed by atoms with Crippen molar-refractivity contribution in [1.29, 1.82) is 0 Å². The van der Waals surface area contributed by atoms with E-state index in [1.54, 1.807) is 0 Å². The van der Waals surface area contributed by atoms with E-state index in [0.717, 1.165) is 4.47 Å². The zero-order chi connectivity index (χ0) is 11.3. The first kappa shape index (κ1) is 12.7. The van der Waals surface area contributed by atoms with Gasteiger partial charge in [0, 0.05) is 9.89 Å². The van der Waals surface area contributed by atoms with E-state index in [0.29, 0.717) is 19.8 Å². The first-order valence-electron chi connectivity index (χ1n) is 5.06. The molecule has 0 saturated heterocycles. The SMILES string of the molecule is CC(C)(CN)COCc1cccc(Br)c1. The molecule has 0 aliphatic carbocycles. The van der Waals surface area contributed by atoms with Gasteiger partial charge in [-0.05, 0) is 24.2 Å². The number of nitrogens with two attached hydrogens (primary N) is 1. The van der Waals surface area contributed by atoms with E-state index in [-0.39, 0.29) is 5.41 Å². The lowest BCUT2D eigenvalue weighted by atomic mass is 9.95. The lowest BCUT2D eigenvalue weighted by Gasteiger charge is -2.21. The van der Waals surface area contributed by atoms with Gasteiger partial charge in [-0.2, -0.15) is 0 Å². The van der Waals surface area contributed by atoms with E-state index < -0.39 is 0 Å². The van der Waals surface area contributed by atoms with Crippen LogP contribution in [-0.2, 0) is 11.3 Å². The van der Waals surface area contributed by atoms with Crippen LogP contribution in [0.5, 0.6) is 0 Å². The summed E-state index contributed by atoms with van der Waals surface area (Å²) in [6.45, 7) is 6.19. The molecule has 0 atom stereocenters. The quantitative estimate of drug-likeness (QED) is 0.894. The van der Waals surface area contributed by atoms with Crippen LogP contribution >= 0.6 is 15.9 Å². The topological polar surface area (TPSA) is 35.2 Å². The Kier molecular flexibility index (Phi) is 4.77. The maximum absolute atomic E-state index is 5.63. The molecule has 1 rings (SSSR count). The molecule has 0 aliphatic heterocycles. The summed E-state index contributed by atoms with van der Waals surface area (Å²) in [6, 6.07) is 8.14. The Morgan fingerprint density at radius 3 is 2.73 bits per heavy atom. The van der Waals surface area contributed by atoms with Gasteiger partial charge in [-0.1, -0.05) is 41.9 Å². The van der Waals surface area contributed by atoms with Crippen LogP contribution in [0.3, 0.4) is 0 Å². The molecule has 0 fully saturated rings. The van der Waals surface area contributed by atoms with Crippen molar-refractivity contribution >= 4 is 15.9 Å². The predicted octanol–water partition coefficient (Wildman–Crippen LogP) is 2.95. The van der Waals surface area contributed by atoms with Crippen LogP contribution in [0, 0.1) is 5.41 Å². The second kappa shape index (κ2) is 5.64. The lowest BCUT2D eigenvalue weighted by Crippen LogP contribution is -2.28. The summed E-state index contributed by atoms with van der Waals surface area (Å²) in [5, 5.41) is 0. The van der Waals surface area contributed by atoms with Gasteiger partial charge in [-0.3, -0.25) is 0 Å². The Morgan fingerprint density at radius 2 is 2.13 bits per heavy atom. The Balaban J connectivity index is 2.38. The van der Waals surface area contributed by atoms with Gasteiger partial charge in [0.2, 0.25) is 0 Å². The fourth-order valence-corrected chi connectivity index (χ4v) is 1.58. The van der Waals surface area contributed by atoms with Gasteiger partial charge in [0.1, 0.15) is 0 Å². The average molecular weight is 272 g/mol. The maximum atomic E-state index is 5.63. The number of hydrogen-bond donors (Lipinski definition) is 1. The fourth-order valence-electron chi connectivity index (χ4n) is 1.13. The molecule has 1 aromatic carbocycles. The molecule has 0 aliphatic rings. The molecule has 0 aromatic heterocycles. The Labute approximate surface area is 99.9 Å². The minimum absolute atomic E-state index is 0.0615. The van der Waals surface area contributed by atoms with Gasteiger partial charge in [0.15, 0.2) is 0 Å². The second-order valence-electron chi connectivity index (χ2n) is 4.49. The third-order valence-electron chi connectivity index (χ3n) is 2.20. The minimum atomic E-state index is 0.0615. The van der Waals surface area contributed by atoms with E-state index in [4.69, 9.17) is 10.5 Å². The number of rotatable bonds is 5. The van der Waals surface area contributed by atoms with E-state index in [2.05, 4.69) is 41.9 Å². The molecule has 1 aromatic rings. The van der Waals surface area contributed by atoms with Crippen molar-refractivity contribution in [2.75, 3.05) is 13.2 Å². The summed E-state index contributed by atoms with van der Waals surface area (Å²) in [6.07, 6.45) is 0. The van der Waals surface area contributed by atoms with E-state index >= 15 is 0 Å². The van der Waals surface area contributed by atoms with Crippen molar-refractivity contribution in [1.82, 2.24) is 0 Å². The van der Waals surface area contributed by atoms with Crippen molar-refractivity contribution in [3.8, 4) is 0 Å². The highest BCUT2D eigenvalue weighted by Crippen LogP contribution is 2.16. The van der Waals surface area contributed by atoms with Crippen LogP contribution in [0.15, 0.2) is 28.7 Å². The third-order valence-corrected chi connectivity index (χ3v) is 2.70. The monoisotopic (exact) mass is 271 g/mol. The highest BCUT2D eigenvalue weighted by molar-refractivity contribution is 9.10. The van der Waals surface area contributed by atoms with Crippen LogP contribution in [0.4, 0.5) is 0 Å². The summed E-state index contributed by atoms with van der Waals surface area (Å²) in [4.78, 5) is 0. The number of halogens is 1. The predicted molar refractivity (Wildman–Crippen MR) is 66.6 cm³/mol.